The highest BCUT2D eigenvalue weighted by Crippen LogP contribution is 2.25. The number of rotatable bonds is 3. The quantitative estimate of drug-likeness (QED) is 0.846. The van der Waals surface area contributed by atoms with E-state index in [2.05, 4.69) is 0 Å². The van der Waals surface area contributed by atoms with Gasteiger partial charge in [-0.1, -0.05) is 30.3 Å². The zero-order valence-corrected chi connectivity index (χ0v) is 13.1. The maximum atomic E-state index is 13.0. The number of ether oxygens (including phenoxy) is 1. The Hall–Kier alpha value is -2.08. The van der Waals surface area contributed by atoms with Gasteiger partial charge in [0, 0.05) is 24.8 Å². The minimum atomic E-state index is -4.43. The molecule has 0 N–H and O–H groups in total. The van der Waals surface area contributed by atoms with E-state index in [4.69, 9.17) is 4.74 Å². The molecule has 0 unspecified atom stereocenters. The van der Waals surface area contributed by atoms with Gasteiger partial charge in [-0.15, -0.1) is 0 Å². The normalized spacial score (nSPS) is 16.3. The van der Waals surface area contributed by atoms with Crippen LogP contribution in [0.25, 0.3) is 10.8 Å². The summed E-state index contributed by atoms with van der Waals surface area (Å²) >= 11 is 0. The SMILES string of the molecule is O=C(c1ccc2ccccc2c1)N(CC(F)(F)F)C1CCOCC1. The van der Waals surface area contributed by atoms with Crippen LogP contribution >= 0.6 is 0 Å². The van der Waals surface area contributed by atoms with Crippen molar-refractivity contribution in [1.29, 1.82) is 0 Å². The monoisotopic (exact) mass is 337 g/mol. The van der Waals surface area contributed by atoms with Crippen LogP contribution in [0.15, 0.2) is 42.5 Å². The van der Waals surface area contributed by atoms with E-state index in [0.29, 0.717) is 26.1 Å². The van der Waals surface area contributed by atoms with Gasteiger partial charge in [-0.3, -0.25) is 4.79 Å². The molecule has 1 heterocycles. The van der Waals surface area contributed by atoms with Gasteiger partial charge in [0.05, 0.1) is 0 Å². The molecule has 2 aromatic carbocycles. The molecule has 1 aliphatic rings. The van der Waals surface area contributed by atoms with Crippen molar-refractivity contribution in [2.45, 2.75) is 25.1 Å². The van der Waals surface area contributed by atoms with Crippen molar-refractivity contribution in [3.63, 3.8) is 0 Å². The van der Waals surface area contributed by atoms with E-state index in [9.17, 15) is 18.0 Å². The Balaban J connectivity index is 1.90. The lowest BCUT2D eigenvalue weighted by Crippen LogP contribution is -2.47. The molecular formula is C18H18F3NO2. The molecule has 2 aromatic rings. The number of nitrogens with zero attached hydrogens (tertiary/aromatic N) is 1. The highest BCUT2D eigenvalue weighted by atomic mass is 19.4. The largest absolute Gasteiger partial charge is 0.406 e. The molecule has 0 aromatic heterocycles. The van der Waals surface area contributed by atoms with Crippen molar-refractivity contribution in [2.24, 2.45) is 0 Å². The van der Waals surface area contributed by atoms with Crippen molar-refractivity contribution < 1.29 is 22.7 Å². The summed E-state index contributed by atoms with van der Waals surface area (Å²) in [4.78, 5) is 13.7. The lowest BCUT2D eigenvalue weighted by molar-refractivity contribution is -0.147. The van der Waals surface area contributed by atoms with E-state index >= 15 is 0 Å². The van der Waals surface area contributed by atoms with Gasteiger partial charge in [0.1, 0.15) is 6.54 Å². The van der Waals surface area contributed by atoms with Gasteiger partial charge in [-0.05, 0) is 35.7 Å². The second-order valence-electron chi connectivity index (χ2n) is 5.95. The lowest BCUT2D eigenvalue weighted by Gasteiger charge is -2.35. The van der Waals surface area contributed by atoms with Crippen LogP contribution < -0.4 is 0 Å². The Labute approximate surface area is 138 Å². The van der Waals surface area contributed by atoms with Crippen LogP contribution in [-0.4, -0.2) is 42.8 Å². The van der Waals surface area contributed by atoms with Gasteiger partial charge >= 0.3 is 6.18 Å². The fourth-order valence-electron chi connectivity index (χ4n) is 3.04. The third-order valence-corrected chi connectivity index (χ3v) is 4.24. The van der Waals surface area contributed by atoms with Crippen LogP contribution in [0.4, 0.5) is 13.2 Å². The summed E-state index contributed by atoms with van der Waals surface area (Å²) in [6.07, 6.45) is -3.57. The summed E-state index contributed by atoms with van der Waals surface area (Å²) in [5.74, 6) is -0.579. The minimum absolute atomic E-state index is 0.282. The van der Waals surface area contributed by atoms with Crippen molar-refractivity contribution in [3.05, 3.63) is 48.0 Å². The van der Waals surface area contributed by atoms with Crippen LogP contribution in [0.5, 0.6) is 0 Å². The molecule has 0 radical (unpaired) electrons. The van der Waals surface area contributed by atoms with Gasteiger partial charge < -0.3 is 9.64 Å². The Morgan fingerprint density at radius 3 is 2.42 bits per heavy atom. The van der Waals surface area contributed by atoms with Crippen LogP contribution in [0.3, 0.4) is 0 Å². The fraction of sp³-hybridized carbons (Fsp3) is 0.389. The zero-order chi connectivity index (χ0) is 17.2. The van der Waals surface area contributed by atoms with Crippen LogP contribution in [-0.2, 0) is 4.74 Å². The number of fused-ring (bicyclic) bond motifs is 1. The number of carbonyl (C=O) groups is 1. The lowest BCUT2D eigenvalue weighted by atomic mass is 10.0. The van der Waals surface area contributed by atoms with E-state index in [-0.39, 0.29) is 5.56 Å². The average molecular weight is 337 g/mol. The third kappa shape index (κ3) is 3.87. The fourth-order valence-corrected chi connectivity index (χ4v) is 3.04. The van der Waals surface area contributed by atoms with Crippen LogP contribution in [0.1, 0.15) is 23.2 Å². The Bertz CT molecular complexity index is 724. The Kier molecular flexibility index (Phi) is 4.76. The number of carbonyl (C=O) groups excluding carboxylic acids is 1. The van der Waals surface area contributed by atoms with E-state index < -0.39 is 24.7 Å². The first-order valence-corrected chi connectivity index (χ1v) is 7.88. The topological polar surface area (TPSA) is 29.5 Å². The summed E-state index contributed by atoms with van der Waals surface area (Å²) in [5.41, 5.74) is 0.282. The predicted molar refractivity (Wildman–Crippen MR) is 84.9 cm³/mol. The molecule has 24 heavy (non-hydrogen) atoms. The number of amides is 1. The second kappa shape index (κ2) is 6.81. The van der Waals surface area contributed by atoms with Gasteiger partial charge in [-0.2, -0.15) is 13.2 Å². The molecule has 0 aliphatic carbocycles. The molecular weight excluding hydrogens is 319 g/mol. The molecule has 1 saturated heterocycles. The standard InChI is InChI=1S/C18H18F3NO2/c19-18(20,21)12-22(16-7-9-24-10-8-16)17(23)15-6-5-13-3-1-2-4-14(13)11-15/h1-6,11,16H,7-10,12H2. The van der Waals surface area contributed by atoms with E-state index in [0.717, 1.165) is 15.7 Å². The summed E-state index contributed by atoms with van der Waals surface area (Å²) in [6.45, 7) is -0.475. The number of hydrogen-bond acceptors (Lipinski definition) is 2. The molecule has 1 fully saturated rings. The number of alkyl halides is 3. The maximum Gasteiger partial charge on any atom is 0.406 e. The molecule has 3 rings (SSSR count). The molecule has 128 valence electrons. The highest BCUT2D eigenvalue weighted by Gasteiger charge is 2.37. The summed E-state index contributed by atoms with van der Waals surface area (Å²) in [7, 11) is 0. The number of hydrogen-bond donors (Lipinski definition) is 0. The average Bonchev–Trinajstić information content (AvgIpc) is 2.58. The van der Waals surface area contributed by atoms with E-state index in [1.807, 2.05) is 24.3 Å². The highest BCUT2D eigenvalue weighted by molar-refractivity contribution is 5.98. The van der Waals surface area contributed by atoms with Gasteiger partial charge in [0.25, 0.3) is 5.91 Å². The molecule has 0 atom stereocenters. The molecule has 6 heteroatoms. The van der Waals surface area contributed by atoms with E-state index in [1.54, 1.807) is 18.2 Å². The van der Waals surface area contributed by atoms with Gasteiger partial charge in [0.2, 0.25) is 0 Å². The first-order chi connectivity index (χ1) is 11.4. The second-order valence-corrected chi connectivity index (χ2v) is 5.95. The van der Waals surface area contributed by atoms with Crippen molar-refractivity contribution in [1.82, 2.24) is 4.90 Å². The molecule has 1 aliphatic heterocycles. The van der Waals surface area contributed by atoms with Crippen LogP contribution in [0, 0.1) is 0 Å². The number of halogens is 3. The van der Waals surface area contributed by atoms with Gasteiger partial charge in [0.15, 0.2) is 0 Å². The van der Waals surface area contributed by atoms with Crippen molar-refractivity contribution in [3.8, 4) is 0 Å². The number of benzene rings is 2. The smallest absolute Gasteiger partial charge is 0.381 e. The summed E-state index contributed by atoms with van der Waals surface area (Å²) in [6, 6.07) is 12.0. The van der Waals surface area contributed by atoms with Crippen molar-refractivity contribution in [2.75, 3.05) is 19.8 Å². The Morgan fingerprint density at radius 2 is 1.75 bits per heavy atom. The maximum absolute atomic E-state index is 13.0. The van der Waals surface area contributed by atoms with Crippen molar-refractivity contribution >= 4 is 16.7 Å². The van der Waals surface area contributed by atoms with Crippen LogP contribution in [0.2, 0.25) is 0 Å². The molecule has 0 spiro atoms. The molecule has 0 saturated carbocycles. The first kappa shape index (κ1) is 16.8. The summed E-state index contributed by atoms with van der Waals surface area (Å²) < 4.78 is 44.1. The third-order valence-electron chi connectivity index (χ3n) is 4.24. The van der Waals surface area contributed by atoms with Gasteiger partial charge in [-0.25, -0.2) is 0 Å². The molecule has 1 amide bonds. The Morgan fingerprint density at radius 1 is 1.08 bits per heavy atom. The molecule has 3 nitrogen and oxygen atoms in total. The zero-order valence-electron chi connectivity index (χ0n) is 13.1. The minimum Gasteiger partial charge on any atom is -0.381 e. The first-order valence-electron chi connectivity index (χ1n) is 7.88. The van der Waals surface area contributed by atoms with E-state index in [1.165, 1.54) is 0 Å². The molecule has 0 bridgehead atoms. The summed E-state index contributed by atoms with van der Waals surface area (Å²) in [5, 5.41) is 1.78. The predicted octanol–water partition coefficient (Wildman–Crippen LogP) is 4.02.